The van der Waals surface area contributed by atoms with E-state index < -0.39 is 11.0 Å². The van der Waals surface area contributed by atoms with Crippen molar-refractivity contribution in [2.24, 2.45) is 16.6 Å². The third-order valence-electron chi connectivity index (χ3n) is 4.70. The number of benzene rings is 1. The number of non-ortho nitro benzene ring substituents is 1. The maximum Gasteiger partial charge on any atom is 0.269 e. The molecule has 1 aliphatic carbocycles. The first-order valence-corrected chi connectivity index (χ1v) is 6.92. The molecule has 1 fully saturated rings. The summed E-state index contributed by atoms with van der Waals surface area (Å²) in [7, 11) is 0. The van der Waals surface area contributed by atoms with Crippen molar-refractivity contribution < 1.29 is 10.0 Å². The first-order valence-electron chi connectivity index (χ1n) is 6.92. The Morgan fingerprint density at radius 1 is 1.35 bits per heavy atom. The van der Waals surface area contributed by atoms with E-state index in [1.165, 1.54) is 12.1 Å². The van der Waals surface area contributed by atoms with Crippen LogP contribution in [0, 0.1) is 20.9 Å². The van der Waals surface area contributed by atoms with Crippen molar-refractivity contribution >= 4 is 5.69 Å². The van der Waals surface area contributed by atoms with Crippen molar-refractivity contribution in [3.63, 3.8) is 0 Å². The molecule has 1 aromatic carbocycles. The smallest absolute Gasteiger partial charge is 0.269 e. The van der Waals surface area contributed by atoms with Crippen LogP contribution in [0.25, 0.3) is 0 Å². The predicted octanol–water partition coefficient (Wildman–Crippen LogP) is 2.26. The minimum atomic E-state index is -0.449. The molecular formula is C15H22N2O3. The zero-order valence-electron chi connectivity index (χ0n) is 12.0. The monoisotopic (exact) mass is 278 g/mol. The molecule has 0 heterocycles. The third kappa shape index (κ3) is 2.55. The SMILES string of the molecule is CC1(C)CCC(CN)(Cc2ccc([N+](=O)[O-])cc2)C1O. The second-order valence-corrected chi connectivity index (χ2v) is 6.56. The molecule has 110 valence electrons. The lowest BCUT2D eigenvalue weighted by Crippen LogP contribution is -2.44. The zero-order chi connectivity index (χ0) is 15.0. The lowest BCUT2D eigenvalue weighted by molar-refractivity contribution is -0.384. The van der Waals surface area contributed by atoms with Crippen LogP contribution in [0.5, 0.6) is 0 Å². The molecule has 2 rings (SSSR count). The molecule has 0 amide bonds. The molecular weight excluding hydrogens is 256 g/mol. The molecule has 0 radical (unpaired) electrons. The summed E-state index contributed by atoms with van der Waals surface area (Å²) in [5.41, 5.74) is 6.56. The number of nitro benzene ring substituents is 1. The van der Waals surface area contributed by atoms with Crippen LogP contribution in [0.4, 0.5) is 5.69 Å². The number of hydrogen-bond donors (Lipinski definition) is 2. The molecule has 2 unspecified atom stereocenters. The van der Waals surface area contributed by atoms with Crippen LogP contribution in [-0.4, -0.2) is 22.7 Å². The normalized spacial score (nSPS) is 28.5. The molecule has 5 nitrogen and oxygen atoms in total. The minimum Gasteiger partial charge on any atom is -0.392 e. The lowest BCUT2D eigenvalue weighted by Gasteiger charge is -2.36. The summed E-state index contributed by atoms with van der Waals surface area (Å²) in [5.74, 6) is 0. The molecule has 1 aromatic rings. The van der Waals surface area contributed by atoms with Gasteiger partial charge in [-0.1, -0.05) is 26.0 Å². The molecule has 0 aliphatic heterocycles. The van der Waals surface area contributed by atoms with E-state index in [1.807, 2.05) is 0 Å². The molecule has 0 aromatic heterocycles. The van der Waals surface area contributed by atoms with E-state index in [4.69, 9.17) is 5.73 Å². The minimum absolute atomic E-state index is 0.0860. The summed E-state index contributed by atoms with van der Waals surface area (Å²) in [6.45, 7) is 4.55. The van der Waals surface area contributed by atoms with Crippen LogP contribution in [0.1, 0.15) is 32.3 Å². The van der Waals surface area contributed by atoms with Crippen LogP contribution in [0.3, 0.4) is 0 Å². The Morgan fingerprint density at radius 2 is 1.95 bits per heavy atom. The van der Waals surface area contributed by atoms with E-state index in [2.05, 4.69) is 13.8 Å². The number of rotatable bonds is 4. The van der Waals surface area contributed by atoms with E-state index in [-0.39, 0.29) is 16.5 Å². The molecule has 1 aliphatic rings. The highest BCUT2D eigenvalue weighted by Crippen LogP contribution is 2.50. The van der Waals surface area contributed by atoms with Crippen LogP contribution in [0.2, 0.25) is 0 Å². The summed E-state index contributed by atoms with van der Waals surface area (Å²) in [5, 5.41) is 21.2. The van der Waals surface area contributed by atoms with Gasteiger partial charge in [-0.2, -0.15) is 0 Å². The number of aliphatic hydroxyl groups is 1. The predicted molar refractivity (Wildman–Crippen MR) is 77.3 cm³/mol. The van der Waals surface area contributed by atoms with Crippen molar-refractivity contribution in [3.05, 3.63) is 39.9 Å². The van der Waals surface area contributed by atoms with Crippen molar-refractivity contribution in [3.8, 4) is 0 Å². The van der Waals surface area contributed by atoms with Gasteiger partial charge in [0.05, 0.1) is 11.0 Å². The summed E-state index contributed by atoms with van der Waals surface area (Å²) in [6.07, 6.45) is 2.04. The van der Waals surface area contributed by atoms with Gasteiger partial charge in [0, 0.05) is 24.1 Å². The van der Waals surface area contributed by atoms with Gasteiger partial charge in [-0.15, -0.1) is 0 Å². The largest absolute Gasteiger partial charge is 0.392 e. The summed E-state index contributed by atoms with van der Waals surface area (Å²) >= 11 is 0. The summed E-state index contributed by atoms with van der Waals surface area (Å²) in [6, 6.07) is 6.53. The number of hydrogen-bond acceptors (Lipinski definition) is 4. The van der Waals surface area contributed by atoms with Gasteiger partial charge < -0.3 is 10.8 Å². The maximum atomic E-state index is 10.7. The highest BCUT2D eigenvalue weighted by Gasteiger charge is 2.50. The van der Waals surface area contributed by atoms with Gasteiger partial charge in [0.2, 0.25) is 0 Å². The molecule has 0 bridgehead atoms. The van der Waals surface area contributed by atoms with Gasteiger partial charge in [-0.25, -0.2) is 0 Å². The van der Waals surface area contributed by atoms with Crippen molar-refractivity contribution in [1.29, 1.82) is 0 Å². The average Bonchev–Trinajstić information content (AvgIpc) is 2.64. The highest BCUT2D eigenvalue weighted by atomic mass is 16.6. The third-order valence-corrected chi connectivity index (χ3v) is 4.70. The van der Waals surface area contributed by atoms with Gasteiger partial charge in [-0.05, 0) is 30.2 Å². The topological polar surface area (TPSA) is 89.4 Å². The van der Waals surface area contributed by atoms with Gasteiger partial charge in [-0.3, -0.25) is 10.1 Å². The molecule has 1 saturated carbocycles. The standard InChI is InChI=1S/C15H22N2O3/c1-14(2)7-8-15(10-16,13(14)18)9-11-3-5-12(6-4-11)17(19)20/h3-6,13,18H,7-10,16H2,1-2H3. The number of nitrogens with zero attached hydrogens (tertiary/aromatic N) is 1. The van der Waals surface area contributed by atoms with E-state index in [1.54, 1.807) is 12.1 Å². The number of aliphatic hydroxyl groups excluding tert-OH is 1. The van der Waals surface area contributed by atoms with Crippen molar-refractivity contribution in [1.82, 2.24) is 0 Å². The maximum absolute atomic E-state index is 10.7. The first kappa shape index (κ1) is 14.9. The second kappa shape index (κ2) is 5.14. The Kier molecular flexibility index (Phi) is 3.84. The Morgan fingerprint density at radius 3 is 2.35 bits per heavy atom. The van der Waals surface area contributed by atoms with E-state index >= 15 is 0 Å². The van der Waals surface area contributed by atoms with Crippen molar-refractivity contribution in [2.75, 3.05) is 6.54 Å². The fraction of sp³-hybridized carbons (Fsp3) is 0.600. The zero-order valence-corrected chi connectivity index (χ0v) is 12.0. The van der Waals surface area contributed by atoms with E-state index in [9.17, 15) is 15.2 Å². The lowest BCUT2D eigenvalue weighted by atomic mass is 9.74. The fourth-order valence-electron chi connectivity index (χ4n) is 3.29. The molecule has 0 saturated heterocycles. The Balaban J connectivity index is 2.21. The van der Waals surface area contributed by atoms with Crippen LogP contribution < -0.4 is 5.73 Å². The Hall–Kier alpha value is -1.46. The molecule has 20 heavy (non-hydrogen) atoms. The summed E-state index contributed by atoms with van der Waals surface area (Å²) < 4.78 is 0. The Labute approximate surface area is 118 Å². The number of nitrogens with two attached hydrogens (primary N) is 1. The molecule has 5 heteroatoms. The second-order valence-electron chi connectivity index (χ2n) is 6.56. The molecule has 3 N–H and O–H groups in total. The van der Waals surface area contributed by atoms with E-state index in [0.717, 1.165) is 18.4 Å². The van der Waals surface area contributed by atoms with Crippen LogP contribution in [-0.2, 0) is 6.42 Å². The Bertz CT molecular complexity index is 498. The van der Waals surface area contributed by atoms with Gasteiger partial charge in [0.1, 0.15) is 0 Å². The van der Waals surface area contributed by atoms with Gasteiger partial charge in [0.25, 0.3) is 5.69 Å². The van der Waals surface area contributed by atoms with Crippen LogP contribution in [0.15, 0.2) is 24.3 Å². The van der Waals surface area contributed by atoms with Crippen LogP contribution >= 0.6 is 0 Å². The van der Waals surface area contributed by atoms with Gasteiger partial charge >= 0.3 is 0 Å². The quantitative estimate of drug-likeness (QED) is 0.653. The highest BCUT2D eigenvalue weighted by molar-refractivity contribution is 5.33. The number of nitro groups is 1. The molecule has 2 atom stereocenters. The first-order chi connectivity index (χ1) is 9.31. The summed E-state index contributed by atoms with van der Waals surface area (Å²) in [4.78, 5) is 10.3. The average molecular weight is 278 g/mol. The fourth-order valence-corrected chi connectivity index (χ4v) is 3.29. The van der Waals surface area contributed by atoms with E-state index in [0.29, 0.717) is 13.0 Å². The van der Waals surface area contributed by atoms with Crippen molar-refractivity contribution in [2.45, 2.75) is 39.2 Å². The molecule has 0 spiro atoms. The van der Waals surface area contributed by atoms with Gasteiger partial charge in [0.15, 0.2) is 0 Å².